The SMILES string of the molecule is O=C(O)C1COc2cc(Cl)ccc2O1.O=C(O)C1COc2ccc(Cl)cc2O1. The molecule has 2 aliphatic rings. The highest BCUT2D eigenvalue weighted by Crippen LogP contribution is 2.34. The molecule has 2 aromatic rings. The topological polar surface area (TPSA) is 112 Å². The van der Waals surface area contributed by atoms with E-state index in [1.54, 1.807) is 30.3 Å². The Morgan fingerprint density at radius 2 is 1.21 bits per heavy atom. The van der Waals surface area contributed by atoms with Gasteiger partial charge in [-0.05, 0) is 24.3 Å². The van der Waals surface area contributed by atoms with E-state index in [0.717, 1.165) is 0 Å². The highest BCUT2D eigenvalue weighted by Gasteiger charge is 2.27. The zero-order valence-corrected chi connectivity index (χ0v) is 15.6. The second-order valence-electron chi connectivity index (χ2n) is 5.69. The molecule has 0 aliphatic carbocycles. The number of aliphatic carboxylic acids is 2. The number of rotatable bonds is 2. The molecule has 2 aliphatic heterocycles. The van der Waals surface area contributed by atoms with Crippen LogP contribution in [-0.4, -0.2) is 47.6 Å². The molecule has 0 spiro atoms. The number of carboxylic acids is 2. The van der Waals surface area contributed by atoms with Crippen LogP contribution in [0.3, 0.4) is 0 Å². The van der Waals surface area contributed by atoms with Crippen molar-refractivity contribution in [2.45, 2.75) is 12.2 Å². The number of carbonyl (C=O) groups is 2. The average molecular weight is 429 g/mol. The van der Waals surface area contributed by atoms with Gasteiger partial charge in [0, 0.05) is 22.2 Å². The summed E-state index contributed by atoms with van der Waals surface area (Å²) in [4.78, 5) is 21.2. The van der Waals surface area contributed by atoms with E-state index in [-0.39, 0.29) is 13.2 Å². The number of halogens is 2. The minimum absolute atomic E-state index is 0.00265. The van der Waals surface area contributed by atoms with Gasteiger partial charge in [-0.3, -0.25) is 0 Å². The Hall–Kier alpha value is -2.84. The summed E-state index contributed by atoms with van der Waals surface area (Å²) in [5.41, 5.74) is 0. The van der Waals surface area contributed by atoms with E-state index in [2.05, 4.69) is 0 Å². The Balaban J connectivity index is 0.000000161. The maximum absolute atomic E-state index is 10.6. The molecule has 4 rings (SSSR count). The number of hydrogen-bond acceptors (Lipinski definition) is 6. The van der Waals surface area contributed by atoms with Gasteiger partial charge in [-0.15, -0.1) is 0 Å². The lowest BCUT2D eigenvalue weighted by atomic mass is 10.2. The van der Waals surface area contributed by atoms with Gasteiger partial charge in [0.2, 0.25) is 12.2 Å². The van der Waals surface area contributed by atoms with Crippen molar-refractivity contribution in [2.75, 3.05) is 13.2 Å². The number of ether oxygens (including phenoxy) is 4. The summed E-state index contributed by atoms with van der Waals surface area (Å²) < 4.78 is 20.7. The minimum atomic E-state index is -1.05. The third-order valence-corrected chi connectivity index (χ3v) is 4.15. The highest BCUT2D eigenvalue weighted by atomic mass is 35.5. The van der Waals surface area contributed by atoms with Crippen LogP contribution in [0.4, 0.5) is 0 Å². The zero-order valence-electron chi connectivity index (χ0n) is 14.1. The predicted molar refractivity (Wildman–Crippen MR) is 98.0 cm³/mol. The summed E-state index contributed by atoms with van der Waals surface area (Å²) in [7, 11) is 0. The quantitative estimate of drug-likeness (QED) is 0.749. The lowest BCUT2D eigenvalue weighted by Crippen LogP contribution is -2.36. The van der Waals surface area contributed by atoms with E-state index in [1.165, 1.54) is 6.07 Å². The van der Waals surface area contributed by atoms with Gasteiger partial charge in [0.1, 0.15) is 13.2 Å². The van der Waals surface area contributed by atoms with E-state index in [1.807, 2.05) is 0 Å². The van der Waals surface area contributed by atoms with Gasteiger partial charge in [0.15, 0.2) is 23.0 Å². The van der Waals surface area contributed by atoms with Crippen molar-refractivity contribution in [1.29, 1.82) is 0 Å². The van der Waals surface area contributed by atoms with Crippen LogP contribution >= 0.6 is 23.2 Å². The molecule has 2 aromatic carbocycles. The summed E-state index contributed by atoms with van der Waals surface area (Å²) in [6.45, 7) is 0.0205. The first kappa shape index (κ1) is 19.9. The van der Waals surface area contributed by atoms with Crippen LogP contribution in [0.2, 0.25) is 10.0 Å². The molecular formula is C18H14Cl2O8. The van der Waals surface area contributed by atoms with E-state index in [9.17, 15) is 9.59 Å². The molecule has 0 amide bonds. The summed E-state index contributed by atoms with van der Waals surface area (Å²) in [6, 6.07) is 9.64. The van der Waals surface area contributed by atoms with E-state index < -0.39 is 24.1 Å². The fourth-order valence-electron chi connectivity index (χ4n) is 2.33. The fourth-order valence-corrected chi connectivity index (χ4v) is 2.66. The van der Waals surface area contributed by atoms with Crippen molar-refractivity contribution < 1.29 is 38.7 Å². The van der Waals surface area contributed by atoms with Crippen LogP contribution in [0.5, 0.6) is 23.0 Å². The maximum Gasteiger partial charge on any atom is 0.348 e. The first-order chi connectivity index (χ1) is 13.3. The number of hydrogen-bond donors (Lipinski definition) is 2. The largest absolute Gasteiger partial charge is 0.485 e. The van der Waals surface area contributed by atoms with Crippen LogP contribution in [-0.2, 0) is 9.59 Å². The first-order valence-corrected chi connectivity index (χ1v) is 8.72. The second kappa shape index (κ2) is 8.45. The van der Waals surface area contributed by atoms with Gasteiger partial charge in [-0.25, -0.2) is 9.59 Å². The Morgan fingerprint density at radius 3 is 1.79 bits per heavy atom. The third-order valence-electron chi connectivity index (χ3n) is 3.68. The van der Waals surface area contributed by atoms with Crippen molar-refractivity contribution in [3.63, 3.8) is 0 Å². The summed E-state index contributed by atoms with van der Waals surface area (Å²) in [5.74, 6) is -0.299. The molecule has 148 valence electrons. The molecule has 2 N–H and O–H groups in total. The van der Waals surface area contributed by atoms with Gasteiger partial charge in [0.05, 0.1) is 0 Å². The normalized spacial score (nSPS) is 19.1. The standard InChI is InChI=1S/2C9H7ClO4/c10-5-1-2-6-7(3-5)13-4-8(14-6)9(11)12;10-5-1-2-6-7(3-5)14-8(4-13-6)9(11)12/h2*1-3,8H,4H2,(H,11,12). The predicted octanol–water partition coefficient (Wildman–Crippen LogP) is 3.13. The Labute approximate surface area is 169 Å². The van der Waals surface area contributed by atoms with Crippen molar-refractivity contribution in [3.8, 4) is 23.0 Å². The van der Waals surface area contributed by atoms with E-state index in [4.69, 9.17) is 52.4 Å². The third kappa shape index (κ3) is 4.71. The summed E-state index contributed by atoms with van der Waals surface area (Å²) in [6.07, 6.45) is -1.90. The van der Waals surface area contributed by atoms with Gasteiger partial charge in [0.25, 0.3) is 0 Å². The lowest BCUT2D eigenvalue weighted by molar-refractivity contribution is -0.148. The van der Waals surface area contributed by atoms with Crippen LogP contribution in [0.1, 0.15) is 0 Å². The molecule has 8 nitrogen and oxygen atoms in total. The molecule has 10 heteroatoms. The molecule has 0 aromatic heterocycles. The molecule has 2 unspecified atom stereocenters. The monoisotopic (exact) mass is 428 g/mol. The summed E-state index contributed by atoms with van der Waals surface area (Å²) >= 11 is 11.4. The lowest BCUT2D eigenvalue weighted by Gasteiger charge is -2.23. The molecule has 2 heterocycles. The maximum atomic E-state index is 10.6. The van der Waals surface area contributed by atoms with Crippen LogP contribution in [0.15, 0.2) is 36.4 Å². The first-order valence-electron chi connectivity index (χ1n) is 7.97. The molecule has 0 radical (unpaired) electrons. The van der Waals surface area contributed by atoms with Gasteiger partial charge in [-0.1, -0.05) is 23.2 Å². The molecule has 0 bridgehead atoms. The highest BCUT2D eigenvalue weighted by molar-refractivity contribution is 6.31. The number of carboxylic acid groups (broad SMARTS) is 2. The van der Waals surface area contributed by atoms with Gasteiger partial charge < -0.3 is 29.2 Å². The molecular weight excluding hydrogens is 415 g/mol. The second-order valence-corrected chi connectivity index (χ2v) is 6.57. The van der Waals surface area contributed by atoms with Crippen LogP contribution in [0.25, 0.3) is 0 Å². The van der Waals surface area contributed by atoms with Gasteiger partial charge in [-0.2, -0.15) is 0 Å². The Bertz CT molecular complexity index is 901. The molecule has 0 fully saturated rings. The Morgan fingerprint density at radius 1 is 0.750 bits per heavy atom. The van der Waals surface area contributed by atoms with Crippen molar-refractivity contribution >= 4 is 35.1 Å². The van der Waals surface area contributed by atoms with E-state index >= 15 is 0 Å². The van der Waals surface area contributed by atoms with E-state index in [0.29, 0.717) is 33.0 Å². The van der Waals surface area contributed by atoms with Crippen LogP contribution in [0, 0.1) is 0 Å². The Kier molecular flexibility index (Phi) is 6.01. The van der Waals surface area contributed by atoms with Gasteiger partial charge >= 0.3 is 11.9 Å². The van der Waals surface area contributed by atoms with Crippen molar-refractivity contribution in [3.05, 3.63) is 46.4 Å². The smallest absolute Gasteiger partial charge is 0.348 e. The minimum Gasteiger partial charge on any atom is -0.485 e. The molecule has 2 atom stereocenters. The van der Waals surface area contributed by atoms with Crippen molar-refractivity contribution in [1.82, 2.24) is 0 Å². The average Bonchev–Trinajstić information content (AvgIpc) is 2.67. The van der Waals surface area contributed by atoms with Crippen LogP contribution < -0.4 is 18.9 Å². The number of fused-ring (bicyclic) bond motifs is 2. The van der Waals surface area contributed by atoms with Crippen molar-refractivity contribution in [2.24, 2.45) is 0 Å². The fraction of sp³-hybridized carbons (Fsp3) is 0.222. The summed E-state index contributed by atoms with van der Waals surface area (Å²) in [5, 5.41) is 18.4. The zero-order chi connectivity index (χ0) is 20.3. The molecule has 28 heavy (non-hydrogen) atoms. The molecule has 0 saturated heterocycles. The number of benzene rings is 2. The molecule has 0 saturated carbocycles.